The molecule has 0 aliphatic carbocycles. The fraction of sp³-hybridized carbons (Fsp3) is 0.600. The van der Waals surface area contributed by atoms with Gasteiger partial charge in [-0.3, -0.25) is 0 Å². The molecule has 0 radical (unpaired) electrons. The summed E-state index contributed by atoms with van der Waals surface area (Å²) >= 11 is 0. The topological polar surface area (TPSA) is 21.3 Å². The molecule has 1 aromatic rings. The Morgan fingerprint density at radius 1 is 1.28 bits per heavy atom. The van der Waals surface area contributed by atoms with Crippen molar-refractivity contribution >= 4 is 12.4 Å². The molecular formula is C15H24ClNO. The number of aryl methyl sites for hydroxylation is 1. The van der Waals surface area contributed by atoms with E-state index in [2.05, 4.69) is 36.5 Å². The predicted molar refractivity (Wildman–Crippen MR) is 78.8 cm³/mol. The zero-order chi connectivity index (χ0) is 11.9. The molecule has 0 atom stereocenters. The molecule has 0 bridgehead atoms. The first kappa shape index (κ1) is 15.3. The molecule has 0 amide bonds. The van der Waals surface area contributed by atoms with E-state index in [9.17, 15) is 0 Å². The summed E-state index contributed by atoms with van der Waals surface area (Å²) in [6.45, 7) is 5.39. The lowest BCUT2D eigenvalue weighted by atomic mass is 9.95. The fourth-order valence-corrected chi connectivity index (χ4v) is 2.37. The van der Waals surface area contributed by atoms with E-state index < -0.39 is 0 Å². The van der Waals surface area contributed by atoms with Crippen LogP contribution >= 0.6 is 12.4 Å². The van der Waals surface area contributed by atoms with Gasteiger partial charge in [-0.2, -0.15) is 0 Å². The second-order valence-electron chi connectivity index (χ2n) is 4.83. The summed E-state index contributed by atoms with van der Waals surface area (Å²) in [4.78, 5) is 0. The largest absolute Gasteiger partial charge is 0.494 e. The van der Waals surface area contributed by atoms with Crippen molar-refractivity contribution in [2.24, 2.45) is 5.92 Å². The van der Waals surface area contributed by atoms with Gasteiger partial charge in [0.25, 0.3) is 0 Å². The smallest absolute Gasteiger partial charge is 0.119 e. The molecule has 1 saturated heterocycles. The van der Waals surface area contributed by atoms with Crippen molar-refractivity contribution in [3.63, 3.8) is 0 Å². The van der Waals surface area contributed by atoms with Crippen molar-refractivity contribution in [3.05, 3.63) is 29.8 Å². The number of hydrogen-bond acceptors (Lipinski definition) is 2. The highest BCUT2D eigenvalue weighted by atomic mass is 35.5. The highest BCUT2D eigenvalue weighted by Crippen LogP contribution is 2.18. The van der Waals surface area contributed by atoms with Gasteiger partial charge in [-0.05, 0) is 62.4 Å². The van der Waals surface area contributed by atoms with Crippen LogP contribution in [0.3, 0.4) is 0 Å². The minimum Gasteiger partial charge on any atom is -0.494 e. The summed E-state index contributed by atoms with van der Waals surface area (Å²) in [6, 6.07) is 8.45. The minimum atomic E-state index is 0. The number of ether oxygens (including phenoxy) is 1. The van der Waals surface area contributed by atoms with Crippen molar-refractivity contribution in [2.45, 2.75) is 32.6 Å². The average Bonchev–Trinajstić information content (AvgIpc) is 2.40. The van der Waals surface area contributed by atoms with Gasteiger partial charge >= 0.3 is 0 Å². The molecule has 0 unspecified atom stereocenters. The molecule has 2 nitrogen and oxygen atoms in total. The molecule has 2 rings (SSSR count). The zero-order valence-electron chi connectivity index (χ0n) is 11.2. The third-order valence-electron chi connectivity index (χ3n) is 3.56. The molecule has 0 aromatic heterocycles. The van der Waals surface area contributed by atoms with Gasteiger partial charge in [-0.25, -0.2) is 0 Å². The maximum Gasteiger partial charge on any atom is 0.119 e. The Labute approximate surface area is 117 Å². The lowest BCUT2D eigenvalue weighted by molar-refractivity contribution is 0.251. The molecule has 0 saturated carbocycles. The molecule has 1 fully saturated rings. The summed E-state index contributed by atoms with van der Waals surface area (Å²) in [5.41, 5.74) is 1.35. The maximum absolute atomic E-state index is 5.83. The van der Waals surface area contributed by atoms with E-state index in [4.69, 9.17) is 4.74 Å². The Kier molecular flexibility index (Phi) is 7.14. The number of benzene rings is 1. The van der Waals surface area contributed by atoms with Crippen molar-refractivity contribution in [3.8, 4) is 5.75 Å². The molecule has 1 heterocycles. The quantitative estimate of drug-likeness (QED) is 0.884. The first-order valence-electron chi connectivity index (χ1n) is 6.81. The van der Waals surface area contributed by atoms with Crippen molar-refractivity contribution in [1.29, 1.82) is 0 Å². The monoisotopic (exact) mass is 269 g/mol. The van der Waals surface area contributed by atoms with E-state index in [1.54, 1.807) is 0 Å². The first-order valence-corrected chi connectivity index (χ1v) is 6.81. The van der Waals surface area contributed by atoms with E-state index in [0.717, 1.165) is 24.7 Å². The normalized spacial score (nSPS) is 16.1. The van der Waals surface area contributed by atoms with Gasteiger partial charge in [0, 0.05) is 0 Å². The van der Waals surface area contributed by atoms with E-state index in [0.29, 0.717) is 0 Å². The zero-order valence-corrected chi connectivity index (χ0v) is 12.0. The van der Waals surface area contributed by atoms with E-state index >= 15 is 0 Å². The Hall–Kier alpha value is -0.730. The predicted octanol–water partition coefficient (Wildman–Crippen LogP) is 3.44. The lowest BCUT2D eigenvalue weighted by Gasteiger charge is -2.22. The van der Waals surface area contributed by atoms with Crippen LogP contribution in [0.25, 0.3) is 0 Å². The first-order chi connectivity index (χ1) is 8.38. The maximum atomic E-state index is 5.83. The second kappa shape index (κ2) is 8.39. The highest BCUT2D eigenvalue weighted by molar-refractivity contribution is 5.85. The summed E-state index contributed by atoms with van der Waals surface area (Å²) in [5.74, 6) is 1.88. The van der Waals surface area contributed by atoms with Gasteiger partial charge in [0.15, 0.2) is 0 Å². The van der Waals surface area contributed by atoms with E-state index in [1.807, 2.05) is 0 Å². The molecule has 0 spiro atoms. The molecule has 3 heteroatoms. The van der Waals surface area contributed by atoms with Crippen molar-refractivity contribution in [2.75, 3.05) is 19.7 Å². The second-order valence-corrected chi connectivity index (χ2v) is 4.83. The van der Waals surface area contributed by atoms with Gasteiger partial charge in [0.2, 0.25) is 0 Å². The Bertz CT molecular complexity index is 337. The molecule has 1 aliphatic heterocycles. The van der Waals surface area contributed by atoms with Crippen LogP contribution in [0.4, 0.5) is 0 Å². The molecule has 102 valence electrons. The average molecular weight is 270 g/mol. The number of hydrogen-bond donors (Lipinski definition) is 1. The molecular weight excluding hydrogens is 246 g/mol. The Morgan fingerprint density at radius 2 is 2.06 bits per heavy atom. The van der Waals surface area contributed by atoms with Crippen LogP contribution in [0.2, 0.25) is 0 Å². The number of piperidine rings is 1. The van der Waals surface area contributed by atoms with Gasteiger partial charge in [-0.1, -0.05) is 19.1 Å². The van der Waals surface area contributed by atoms with Gasteiger partial charge in [-0.15, -0.1) is 12.4 Å². The molecule has 1 aliphatic rings. The van der Waals surface area contributed by atoms with Crippen LogP contribution in [0.5, 0.6) is 5.75 Å². The van der Waals surface area contributed by atoms with Crippen molar-refractivity contribution in [1.82, 2.24) is 5.32 Å². The SMILES string of the molecule is CCc1cccc(OCCC2CCNCC2)c1.Cl. The minimum absolute atomic E-state index is 0. The molecule has 1 N–H and O–H groups in total. The highest BCUT2D eigenvalue weighted by Gasteiger charge is 2.12. The lowest BCUT2D eigenvalue weighted by Crippen LogP contribution is -2.28. The van der Waals surface area contributed by atoms with E-state index in [1.165, 1.54) is 37.9 Å². The van der Waals surface area contributed by atoms with Gasteiger partial charge in [0.1, 0.15) is 5.75 Å². The fourth-order valence-electron chi connectivity index (χ4n) is 2.37. The van der Waals surface area contributed by atoms with E-state index in [-0.39, 0.29) is 12.4 Å². The summed E-state index contributed by atoms with van der Waals surface area (Å²) < 4.78 is 5.83. The summed E-state index contributed by atoms with van der Waals surface area (Å²) in [7, 11) is 0. The third kappa shape index (κ3) is 4.87. The summed E-state index contributed by atoms with van der Waals surface area (Å²) in [5, 5.41) is 3.40. The Balaban J connectivity index is 0.00000162. The van der Waals surface area contributed by atoms with Crippen LogP contribution in [-0.2, 0) is 6.42 Å². The third-order valence-corrected chi connectivity index (χ3v) is 3.56. The van der Waals surface area contributed by atoms with Crippen LogP contribution < -0.4 is 10.1 Å². The van der Waals surface area contributed by atoms with Crippen LogP contribution in [0.1, 0.15) is 31.7 Å². The van der Waals surface area contributed by atoms with Crippen molar-refractivity contribution < 1.29 is 4.74 Å². The summed E-state index contributed by atoms with van der Waals surface area (Å²) in [6.07, 6.45) is 4.88. The van der Waals surface area contributed by atoms with Crippen LogP contribution in [0.15, 0.2) is 24.3 Å². The van der Waals surface area contributed by atoms with Crippen LogP contribution in [-0.4, -0.2) is 19.7 Å². The van der Waals surface area contributed by atoms with Crippen LogP contribution in [0, 0.1) is 5.92 Å². The van der Waals surface area contributed by atoms with Gasteiger partial charge in [0.05, 0.1) is 6.61 Å². The molecule has 1 aromatic carbocycles. The number of halogens is 1. The molecule has 18 heavy (non-hydrogen) atoms. The van der Waals surface area contributed by atoms with Gasteiger partial charge < -0.3 is 10.1 Å². The number of rotatable bonds is 5. The Morgan fingerprint density at radius 3 is 2.78 bits per heavy atom. The number of nitrogens with one attached hydrogen (secondary N) is 1. The standard InChI is InChI=1S/C15H23NO.ClH/c1-2-13-4-3-5-15(12-13)17-11-8-14-6-9-16-10-7-14;/h3-5,12,14,16H,2,6-11H2,1H3;1H.